The van der Waals surface area contributed by atoms with Gasteiger partial charge < -0.3 is 19.5 Å². The number of hydrogen-bond donors (Lipinski definition) is 1. The van der Waals surface area contributed by atoms with Crippen molar-refractivity contribution in [2.75, 3.05) is 26.6 Å². The van der Waals surface area contributed by atoms with Gasteiger partial charge in [-0.25, -0.2) is 9.37 Å². The van der Waals surface area contributed by atoms with Gasteiger partial charge in [0.15, 0.2) is 16.6 Å². The Morgan fingerprint density at radius 1 is 1.10 bits per heavy atom. The van der Waals surface area contributed by atoms with E-state index in [2.05, 4.69) is 10.3 Å². The Kier molecular flexibility index (Phi) is 6.89. The van der Waals surface area contributed by atoms with E-state index in [4.69, 9.17) is 14.2 Å². The van der Waals surface area contributed by atoms with Crippen LogP contribution in [-0.2, 0) is 17.6 Å². The Hall–Kier alpha value is -3.13. The zero-order valence-corrected chi connectivity index (χ0v) is 18.1. The summed E-state index contributed by atoms with van der Waals surface area (Å²) in [7, 11) is 4.57. The van der Waals surface area contributed by atoms with Crippen molar-refractivity contribution in [1.29, 1.82) is 0 Å². The molecule has 0 saturated carbocycles. The van der Waals surface area contributed by atoms with Crippen LogP contribution in [0.25, 0.3) is 0 Å². The van der Waals surface area contributed by atoms with E-state index < -0.39 is 0 Å². The number of halogens is 1. The average Bonchev–Trinajstić information content (AvgIpc) is 3.07. The quantitative estimate of drug-likeness (QED) is 0.574. The number of nitrogens with zero attached hydrogens (tertiary/aromatic N) is 1. The molecular formula is C22H23FN2O4S. The topological polar surface area (TPSA) is 69.7 Å². The summed E-state index contributed by atoms with van der Waals surface area (Å²) in [6.45, 7) is 1.85. The molecule has 1 heterocycles. The maximum Gasteiger partial charge on any atom is 0.230 e. The third-order valence-corrected chi connectivity index (χ3v) is 5.61. The van der Waals surface area contributed by atoms with Crippen molar-refractivity contribution in [3.8, 4) is 17.2 Å². The normalized spacial score (nSPS) is 10.6. The van der Waals surface area contributed by atoms with Crippen molar-refractivity contribution in [1.82, 2.24) is 4.98 Å². The Morgan fingerprint density at radius 3 is 2.37 bits per heavy atom. The van der Waals surface area contributed by atoms with Gasteiger partial charge in [-0.2, -0.15) is 0 Å². The lowest BCUT2D eigenvalue weighted by molar-refractivity contribution is -0.115. The maximum atomic E-state index is 13.9. The number of carbonyl (C=O) groups excluding carboxylic acids is 1. The first-order valence-electron chi connectivity index (χ1n) is 9.23. The second-order valence-electron chi connectivity index (χ2n) is 6.55. The molecule has 1 N–H and O–H groups in total. The number of anilines is 1. The number of amides is 1. The molecule has 30 heavy (non-hydrogen) atoms. The number of benzene rings is 2. The number of thiazole rings is 1. The van der Waals surface area contributed by atoms with Gasteiger partial charge in [-0.15, -0.1) is 11.3 Å². The predicted octanol–water partition coefficient (Wildman–Crippen LogP) is 4.39. The molecule has 0 spiro atoms. The van der Waals surface area contributed by atoms with E-state index in [1.54, 1.807) is 30.3 Å². The van der Waals surface area contributed by atoms with Crippen LogP contribution in [-0.4, -0.2) is 32.2 Å². The zero-order valence-electron chi connectivity index (χ0n) is 17.2. The second kappa shape index (κ2) is 9.58. The van der Waals surface area contributed by atoms with Crippen molar-refractivity contribution in [2.45, 2.75) is 19.8 Å². The highest BCUT2D eigenvalue weighted by molar-refractivity contribution is 7.15. The minimum absolute atomic E-state index is 0.109. The standard InChI is InChI=1S/C22H23FN2O4S/c1-13-19(12-15-7-5-6-8-16(15)23)30-22(24-13)25-20(26)11-14-9-17(27-2)21(29-4)18(10-14)28-3/h5-10H,11-12H2,1-4H3,(H,24,25,26). The van der Waals surface area contributed by atoms with Gasteiger partial charge in [-0.1, -0.05) is 18.2 Å². The first-order chi connectivity index (χ1) is 14.4. The predicted molar refractivity (Wildman–Crippen MR) is 114 cm³/mol. The summed E-state index contributed by atoms with van der Waals surface area (Å²) in [5.74, 6) is 0.958. The van der Waals surface area contributed by atoms with Crippen LogP contribution in [0, 0.1) is 12.7 Å². The fourth-order valence-corrected chi connectivity index (χ4v) is 4.05. The van der Waals surface area contributed by atoms with E-state index in [9.17, 15) is 9.18 Å². The molecule has 0 saturated heterocycles. The van der Waals surface area contributed by atoms with E-state index in [0.29, 0.717) is 39.9 Å². The minimum atomic E-state index is -0.252. The summed E-state index contributed by atoms with van der Waals surface area (Å²) < 4.78 is 29.9. The SMILES string of the molecule is COc1cc(CC(=O)Nc2nc(C)c(Cc3ccccc3F)s2)cc(OC)c1OC. The largest absolute Gasteiger partial charge is 0.493 e. The summed E-state index contributed by atoms with van der Waals surface area (Å²) in [5.41, 5.74) is 2.08. The molecule has 0 atom stereocenters. The Labute approximate surface area is 178 Å². The molecule has 3 aromatic rings. The van der Waals surface area contributed by atoms with Crippen molar-refractivity contribution in [3.05, 3.63) is 63.9 Å². The second-order valence-corrected chi connectivity index (χ2v) is 7.64. The van der Waals surface area contributed by atoms with Crippen LogP contribution in [0.4, 0.5) is 9.52 Å². The molecule has 0 radical (unpaired) electrons. The van der Waals surface area contributed by atoms with Crippen LogP contribution in [0.1, 0.15) is 21.7 Å². The van der Waals surface area contributed by atoms with Crippen LogP contribution in [0.3, 0.4) is 0 Å². The molecular weight excluding hydrogens is 407 g/mol. The molecule has 3 rings (SSSR count). The number of aromatic nitrogens is 1. The Bertz CT molecular complexity index is 1030. The highest BCUT2D eigenvalue weighted by Crippen LogP contribution is 2.38. The molecule has 1 amide bonds. The van der Waals surface area contributed by atoms with Crippen molar-refractivity contribution >= 4 is 22.4 Å². The number of carbonyl (C=O) groups is 1. The third kappa shape index (κ3) is 4.88. The van der Waals surface area contributed by atoms with E-state index in [-0.39, 0.29) is 18.1 Å². The minimum Gasteiger partial charge on any atom is -0.493 e. The number of aryl methyl sites for hydroxylation is 1. The van der Waals surface area contributed by atoms with Gasteiger partial charge in [0, 0.05) is 11.3 Å². The van der Waals surface area contributed by atoms with Crippen LogP contribution in [0.15, 0.2) is 36.4 Å². The summed E-state index contributed by atoms with van der Waals surface area (Å²) in [5, 5.41) is 3.30. The van der Waals surface area contributed by atoms with Crippen LogP contribution in [0.5, 0.6) is 17.2 Å². The van der Waals surface area contributed by atoms with Gasteiger partial charge in [-0.3, -0.25) is 4.79 Å². The van der Waals surface area contributed by atoms with Crippen LogP contribution >= 0.6 is 11.3 Å². The Morgan fingerprint density at radius 2 is 1.77 bits per heavy atom. The fourth-order valence-electron chi connectivity index (χ4n) is 3.05. The van der Waals surface area contributed by atoms with E-state index in [0.717, 1.165) is 10.6 Å². The summed E-state index contributed by atoms with van der Waals surface area (Å²) in [4.78, 5) is 17.9. The van der Waals surface area contributed by atoms with Gasteiger partial charge >= 0.3 is 0 Å². The lowest BCUT2D eigenvalue weighted by Crippen LogP contribution is -2.14. The smallest absolute Gasteiger partial charge is 0.230 e. The number of hydrogen-bond acceptors (Lipinski definition) is 6. The molecule has 0 aliphatic rings. The highest BCUT2D eigenvalue weighted by Gasteiger charge is 2.16. The monoisotopic (exact) mass is 430 g/mol. The van der Waals surface area contributed by atoms with E-state index in [1.165, 1.54) is 38.7 Å². The molecule has 6 nitrogen and oxygen atoms in total. The highest BCUT2D eigenvalue weighted by atomic mass is 32.1. The average molecular weight is 431 g/mol. The molecule has 8 heteroatoms. The van der Waals surface area contributed by atoms with E-state index in [1.807, 2.05) is 6.92 Å². The molecule has 0 aliphatic carbocycles. The van der Waals surface area contributed by atoms with Gasteiger partial charge in [0.25, 0.3) is 0 Å². The van der Waals surface area contributed by atoms with Crippen LogP contribution in [0.2, 0.25) is 0 Å². The molecule has 0 bridgehead atoms. The van der Waals surface area contributed by atoms with Crippen molar-refractivity contribution in [2.24, 2.45) is 0 Å². The third-order valence-electron chi connectivity index (χ3n) is 4.54. The van der Waals surface area contributed by atoms with Crippen LogP contribution < -0.4 is 19.5 Å². The number of rotatable bonds is 8. The summed E-state index contributed by atoms with van der Waals surface area (Å²) in [6.07, 6.45) is 0.539. The number of ether oxygens (including phenoxy) is 3. The van der Waals surface area contributed by atoms with Gasteiger partial charge in [0.1, 0.15) is 5.82 Å². The summed E-state index contributed by atoms with van der Waals surface area (Å²) in [6, 6.07) is 10.1. The molecule has 0 unspecified atom stereocenters. The zero-order chi connectivity index (χ0) is 21.7. The molecule has 0 fully saturated rings. The lowest BCUT2D eigenvalue weighted by atomic mass is 10.1. The van der Waals surface area contributed by atoms with Gasteiger partial charge in [-0.05, 0) is 36.2 Å². The fraction of sp³-hybridized carbons (Fsp3) is 0.273. The summed E-state index contributed by atoms with van der Waals surface area (Å²) >= 11 is 1.34. The first-order valence-corrected chi connectivity index (χ1v) is 10.0. The number of nitrogens with one attached hydrogen (secondary N) is 1. The van der Waals surface area contributed by atoms with Crippen molar-refractivity contribution in [3.63, 3.8) is 0 Å². The lowest BCUT2D eigenvalue weighted by Gasteiger charge is -2.13. The molecule has 158 valence electrons. The molecule has 1 aromatic heterocycles. The van der Waals surface area contributed by atoms with Gasteiger partial charge in [0.05, 0.1) is 33.4 Å². The molecule has 2 aromatic carbocycles. The van der Waals surface area contributed by atoms with Gasteiger partial charge in [0.2, 0.25) is 11.7 Å². The van der Waals surface area contributed by atoms with Crippen molar-refractivity contribution < 1.29 is 23.4 Å². The molecule has 0 aliphatic heterocycles. The Balaban J connectivity index is 1.72. The van der Waals surface area contributed by atoms with E-state index >= 15 is 0 Å². The maximum absolute atomic E-state index is 13.9. The first kappa shape index (κ1) is 21.6. The number of methoxy groups -OCH3 is 3.